The molecule has 0 amide bonds. The maximum Gasteiger partial charge on any atom is 0.119 e. The van der Waals surface area contributed by atoms with Crippen LogP contribution in [0.2, 0.25) is 0 Å². The molecule has 0 saturated heterocycles. The molecule has 162 valence electrons. The number of rotatable bonds is 11. The topological polar surface area (TPSA) is 68.0 Å². The minimum Gasteiger partial charge on any atom is -0.491 e. The third-order valence-electron chi connectivity index (χ3n) is 4.62. The second-order valence-corrected chi connectivity index (χ2v) is 6.99. The van der Waals surface area contributed by atoms with Crippen LogP contribution in [0.4, 0.5) is 5.69 Å². The molecule has 1 unspecified atom stereocenters. The lowest BCUT2D eigenvalue weighted by molar-refractivity contribution is 0.0506. The zero-order valence-corrected chi connectivity index (χ0v) is 18.4. The van der Waals surface area contributed by atoms with E-state index in [-0.39, 0.29) is 6.61 Å². The van der Waals surface area contributed by atoms with E-state index in [0.29, 0.717) is 18.3 Å². The fourth-order valence-corrected chi connectivity index (χ4v) is 2.76. The van der Waals surface area contributed by atoms with Gasteiger partial charge in [0.2, 0.25) is 0 Å². The van der Waals surface area contributed by atoms with Crippen LogP contribution in [0.15, 0.2) is 54.6 Å². The summed E-state index contributed by atoms with van der Waals surface area (Å²) in [5, 5.41) is 10.4. The molecule has 2 aromatic carbocycles. The number of hydrogen-bond donors (Lipinski definition) is 2. The van der Waals surface area contributed by atoms with E-state index in [1.807, 2.05) is 44.2 Å². The summed E-state index contributed by atoms with van der Waals surface area (Å²) in [4.78, 5) is 2.30. The molecule has 0 spiro atoms. The van der Waals surface area contributed by atoms with Crippen molar-refractivity contribution in [2.24, 2.45) is 0 Å². The minimum atomic E-state index is -0.541. The van der Waals surface area contributed by atoms with Crippen LogP contribution in [0, 0.1) is 0 Å². The van der Waals surface area contributed by atoms with Gasteiger partial charge in [-0.05, 0) is 57.0 Å². The molecule has 0 aliphatic carbocycles. The number of benzene rings is 2. The van der Waals surface area contributed by atoms with E-state index in [2.05, 4.69) is 30.9 Å². The third-order valence-corrected chi connectivity index (χ3v) is 4.62. The number of nitrogen functional groups attached to an aromatic ring is 1. The summed E-state index contributed by atoms with van der Waals surface area (Å²) in [6.07, 6.45) is 0.499. The zero-order chi connectivity index (χ0) is 21.5. The predicted octanol–water partition coefficient (Wildman–Crippen LogP) is 4.35. The predicted molar refractivity (Wildman–Crippen MR) is 121 cm³/mol. The van der Waals surface area contributed by atoms with Crippen LogP contribution < -0.4 is 10.5 Å². The van der Waals surface area contributed by atoms with Crippen LogP contribution in [0.25, 0.3) is 0 Å². The first kappa shape index (κ1) is 25.0. The Morgan fingerprint density at radius 3 is 2.10 bits per heavy atom. The second-order valence-electron chi connectivity index (χ2n) is 6.99. The lowest BCUT2D eigenvalue weighted by Gasteiger charge is -2.30. The number of anilines is 1. The number of hydrogen-bond acceptors (Lipinski definition) is 5. The lowest BCUT2D eigenvalue weighted by Crippen LogP contribution is -2.40. The van der Waals surface area contributed by atoms with Gasteiger partial charge in [-0.15, -0.1) is 0 Å². The highest BCUT2D eigenvalue weighted by atomic mass is 16.5. The Kier molecular flexibility index (Phi) is 12.8. The number of nitrogens with two attached hydrogens (primary N) is 1. The van der Waals surface area contributed by atoms with E-state index >= 15 is 0 Å². The van der Waals surface area contributed by atoms with E-state index in [1.54, 1.807) is 12.1 Å². The van der Waals surface area contributed by atoms with Crippen molar-refractivity contribution in [3.05, 3.63) is 60.2 Å². The second kappa shape index (κ2) is 14.9. The van der Waals surface area contributed by atoms with Crippen molar-refractivity contribution in [1.29, 1.82) is 0 Å². The summed E-state index contributed by atoms with van der Waals surface area (Å²) in [6, 6.07) is 18.0. The zero-order valence-electron chi connectivity index (χ0n) is 18.4. The summed E-state index contributed by atoms with van der Waals surface area (Å²) in [5.74, 6) is 0.724. The average molecular weight is 403 g/mol. The average Bonchev–Trinajstić information content (AvgIpc) is 2.74. The summed E-state index contributed by atoms with van der Waals surface area (Å²) < 4.78 is 10.5. The maximum atomic E-state index is 10.4. The van der Waals surface area contributed by atoms with Crippen LogP contribution in [0.5, 0.6) is 5.75 Å². The number of ether oxygens (including phenoxy) is 2. The van der Waals surface area contributed by atoms with Crippen LogP contribution in [-0.4, -0.2) is 48.5 Å². The van der Waals surface area contributed by atoms with Crippen molar-refractivity contribution in [3.8, 4) is 5.75 Å². The maximum absolute atomic E-state index is 10.4. The molecule has 0 bridgehead atoms. The summed E-state index contributed by atoms with van der Waals surface area (Å²) in [6.45, 7) is 11.7. The van der Waals surface area contributed by atoms with Crippen molar-refractivity contribution in [3.63, 3.8) is 0 Å². The van der Waals surface area contributed by atoms with E-state index in [9.17, 15) is 5.11 Å². The van der Waals surface area contributed by atoms with Gasteiger partial charge in [0.25, 0.3) is 0 Å². The fourth-order valence-electron chi connectivity index (χ4n) is 2.76. The quantitative estimate of drug-likeness (QED) is 0.547. The van der Waals surface area contributed by atoms with Gasteiger partial charge in [0, 0.05) is 38.0 Å². The summed E-state index contributed by atoms with van der Waals surface area (Å²) >= 11 is 0. The molecular weight excluding hydrogens is 364 g/mol. The molecule has 0 aliphatic heterocycles. The molecule has 3 N–H and O–H groups in total. The lowest BCUT2D eigenvalue weighted by atomic mass is 10.1. The van der Waals surface area contributed by atoms with E-state index < -0.39 is 6.10 Å². The van der Waals surface area contributed by atoms with E-state index in [0.717, 1.165) is 31.9 Å². The fraction of sp³-hybridized carbons (Fsp3) is 0.500. The van der Waals surface area contributed by atoms with Gasteiger partial charge in [-0.1, -0.05) is 37.3 Å². The van der Waals surface area contributed by atoms with Gasteiger partial charge in [0.15, 0.2) is 0 Å². The van der Waals surface area contributed by atoms with Gasteiger partial charge in [-0.25, -0.2) is 0 Å². The smallest absolute Gasteiger partial charge is 0.119 e. The van der Waals surface area contributed by atoms with Gasteiger partial charge in [0.05, 0.1) is 0 Å². The Hall–Kier alpha value is -2.08. The molecule has 0 saturated carbocycles. The molecule has 0 radical (unpaired) electrons. The van der Waals surface area contributed by atoms with Gasteiger partial charge in [0.1, 0.15) is 18.5 Å². The van der Waals surface area contributed by atoms with Gasteiger partial charge in [-0.3, -0.25) is 4.90 Å². The molecular formula is C24H38N2O3. The largest absolute Gasteiger partial charge is 0.491 e. The molecule has 2 atom stereocenters. The first-order valence-corrected chi connectivity index (χ1v) is 10.5. The van der Waals surface area contributed by atoms with Crippen molar-refractivity contribution in [1.82, 2.24) is 4.90 Å². The van der Waals surface area contributed by atoms with E-state index in [4.69, 9.17) is 15.2 Å². The van der Waals surface area contributed by atoms with Gasteiger partial charge < -0.3 is 20.3 Å². The SMILES string of the molecule is CCOCC.CC[C@H](C)N(Cc1ccccc1)CC(O)COc1ccc(N)cc1. The monoisotopic (exact) mass is 402 g/mol. The van der Waals surface area contributed by atoms with Crippen molar-refractivity contribution < 1.29 is 14.6 Å². The Morgan fingerprint density at radius 2 is 1.59 bits per heavy atom. The van der Waals surface area contributed by atoms with Crippen LogP contribution in [0.3, 0.4) is 0 Å². The molecule has 0 aromatic heterocycles. The Balaban J connectivity index is 0.000000749. The van der Waals surface area contributed by atoms with E-state index in [1.165, 1.54) is 5.56 Å². The highest BCUT2D eigenvalue weighted by molar-refractivity contribution is 5.41. The van der Waals surface area contributed by atoms with Gasteiger partial charge >= 0.3 is 0 Å². The normalized spacial score (nSPS) is 12.8. The number of aliphatic hydroxyl groups is 1. The Bertz CT molecular complexity index is 632. The number of nitrogens with zero attached hydrogens (tertiary/aromatic N) is 1. The molecule has 5 nitrogen and oxygen atoms in total. The van der Waals surface area contributed by atoms with Crippen molar-refractivity contribution in [2.45, 2.75) is 52.8 Å². The molecule has 5 heteroatoms. The molecule has 29 heavy (non-hydrogen) atoms. The minimum absolute atomic E-state index is 0.269. The van der Waals surface area contributed by atoms with Crippen molar-refractivity contribution in [2.75, 3.05) is 32.1 Å². The molecule has 0 heterocycles. The summed E-state index contributed by atoms with van der Waals surface area (Å²) in [5.41, 5.74) is 7.62. The Labute approximate surface area is 176 Å². The Morgan fingerprint density at radius 1 is 0.966 bits per heavy atom. The molecule has 2 aromatic rings. The third kappa shape index (κ3) is 10.9. The first-order valence-electron chi connectivity index (χ1n) is 10.5. The first-order chi connectivity index (χ1) is 14.0. The van der Waals surface area contributed by atoms with Crippen LogP contribution in [0.1, 0.15) is 39.7 Å². The highest BCUT2D eigenvalue weighted by Crippen LogP contribution is 2.15. The molecule has 0 fully saturated rings. The van der Waals surface area contributed by atoms with Crippen LogP contribution in [-0.2, 0) is 11.3 Å². The summed E-state index contributed by atoms with van der Waals surface area (Å²) in [7, 11) is 0. The molecule has 0 aliphatic rings. The van der Waals surface area contributed by atoms with Crippen molar-refractivity contribution >= 4 is 5.69 Å². The van der Waals surface area contributed by atoms with Gasteiger partial charge in [-0.2, -0.15) is 0 Å². The van der Waals surface area contributed by atoms with Crippen LogP contribution >= 0.6 is 0 Å². The highest BCUT2D eigenvalue weighted by Gasteiger charge is 2.17. The standard InChI is InChI=1S/C20H28N2O2.C4H10O/c1-3-16(2)22(13-17-7-5-4-6-8-17)14-19(23)15-24-20-11-9-18(21)10-12-20;1-3-5-4-2/h4-12,16,19,23H,3,13-15,21H2,1-2H3;3-4H2,1-2H3/t16-,19?;/m0./s1. The molecule has 2 rings (SSSR count). The number of aliphatic hydroxyl groups excluding tert-OH is 1.